The molecule has 0 bridgehead atoms. The lowest BCUT2D eigenvalue weighted by molar-refractivity contribution is 1.16. The Bertz CT molecular complexity index is 823. The van der Waals surface area contributed by atoms with Gasteiger partial charge in [-0.3, -0.25) is 4.40 Å². The van der Waals surface area contributed by atoms with E-state index in [1.807, 2.05) is 32.0 Å². The molecule has 0 radical (unpaired) electrons. The van der Waals surface area contributed by atoms with Crippen molar-refractivity contribution in [1.82, 2.24) is 9.38 Å². The molecule has 20 heavy (non-hydrogen) atoms. The monoisotopic (exact) mass is 285 g/mol. The maximum Gasteiger partial charge on any atom is 0.209 e. The summed E-state index contributed by atoms with van der Waals surface area (Å²) < 4.78 is 1.64. The predicted molar refractivity (Wildman–Crippen MR) is 80.6 cm³/mol. The summed E-state index contributed by atoms with van der Waals surface area (Å²) in [5.74, 6) is 0.292. The maximum atomic E-state index is 11.2. The highest BCUT2D eigenvalue weighted by Gasteiger charge is 2.15. The first-order valence-corrected chi connectivity index (χ1v) is 6.56. The molecule has 100 valence electrons. The topological polar surface area (TPSA) is 46.7 Å². The van der Waals surface area contributed by atoms with Gasteiger partial charge in [0, 0.05) is 22.8 Å². The molecule has 0 aliphatic carbocycles. The molecular weight excluding hydrogens is 274 g/mol. The van der Waals surface area contributed by atoms with Gasteiger partial charge in [-0.2, -0.15) is 0 Å². The van der Waals surface area contributed by atoms with Crippen molar-refractivity contribution < 1.29 is 0 Å². The second-order valence-corrected chi connectivity index (χ2v) is 5.18. The number of nitroso groups, excluding NO2 is 1. The zero-order valence-electron chi connectivity index (χ0n) is 11.1. The van der Waals surface area contributed by atoms with Crippen molar-refractivity contribution in [1.29, 1.82) is 0 Å². The molecule has 0 atom stereocenters. The van der Waals surface area contributed by atoms with Crippen LogP contribution in [0, 0.1) is 18.8 Å². The molecule has 4 nitrogen and oxygen atoms in total. The summed E-state index contributed by atoms with van der Waals surface area (Å²) in [6, 6.07) is 9.37. The van der Waals surface area contributed by atoms with Crippen molar-refractivity contribution in [3.63, 3.8) is 0 Å². The van der Waals surface area contributed by atoms with Crippen molar-refractivity contribution in [3.05, 3.63) is 57.6 Å². The Kier molecular flexibility index (Phi) is 3.03. The van der Waals surface area contributed by atoms with Crippen molar-refractivity contribution in [3.8, 4) is 11.3 Å². The summed E-state index contributed by atoms with van der Waals surface area (Å²) in [6.07, 6.45) is 1.70. The number of hydrogen-bond acceptors (Lipinski definition) is 3. The maximum absolute atomic E-state index is 11.2. The number of imidazole rings is 1. The van der Waals surface area contributed by atoms with E-state index in [1.54, 1.807) is 22.7 Å². The molecule has 3 aromatic rings. The number of aryl methyl sites for hydroxylation is 2. The van der Waals surface area contributed by atoms with Crippen molar-refractivity contribution in [2.24, 2.45) is 5.18 Å². The largest absolute Gasteiger partial charge is 0.281 e. The third-order valence-corrected chi connectivity index (χ3v) is 3.66. The fourth-order valence-electron chi connectivity index (χ4n) is 2.18. The van der Waals surface area contributed by atoms with Gasteiger partial charge in [-0.05, 0) is 42.3 Å². The summed E-state index contributed by atoms with van der Waals surface area (Å²) in [4.78, 5) is 15.6. The first kappa shape index (κ1) is 12.8. The summed E-state index contributed by atoms with van der Waals surface area (Å²) in [7, 11) is 0. The zero-order chi connectivity index (χ0) is 14.3. The molecule has 0 saturated carbocycles. The number of nitrogens with zero attached hydrogens (tertiary/aromatic N) is 3. The lowest BCUT2D eigenvalue weighted by Crippen LogP contribution is -1.84. The van der Waals surface area contributed by atoms with Crippen LogP contribution in [0.1, 0.15) is 11.1 Å². The molecule has 0 aliphatic rings. The summed E-state index contributed by atoms with van der Waals surface area (Å²) in [6.45, 7) is 4.07. The number of pyridine rings is 1. The van der Waals surface area contributed by atoms with Crippen LogP contribution in [-0.2, 0) is 0 Å². The van der Waals surface area contributed by atoms with Gasteiger partial charge in [-0.25, -0.2) is 4.98 Å². The van der Waals surface area contributed by atoms with Gasteiger partial charge in [0.25, 0.3) is 0 Å². The van der Waals surface area contributed by atoms with Crippen molar-refractivity contribution in [2.45, 2.75) is 13.8 Å². The molecule has 1 aromatic carbocycles. The fraction of sp³-hybridized carbons (Fsp3) is 0.133. The molecule has 5 heteroatoms. The molecule has 0 unspecified atom stereocenters. The SMILES string of the molecule is Cc1ccc(-c2nc3cc(Cl)ccn3c2N=O)cc1C. The van der Waals surface area contributed by atoms with Crippen LogP contribution in [0.5, 0.6) is 0 Å². The van der Waals surface area contributed by atoms with E-state index in [0.717, 1.165) is 11.1 Å². The van der Waals surface area contributed by atoms with Crippen LogP contribution in [-0.4, -0.2) is 9.38 Å². The van der Waals surface area contributed by atoms with E-state index in [9.17, 15) is 4.91 Å². The molecule has 0 spiro atoms. The van der Waals surface area contributed by atoms with Crippen LogP contribution in [0.4, 0.5) is 5.82 Å². The first-order chi connectivity index (χ1) is 9.60. The average Bonchev–Trinajstić information content (AvgIpc) is 2.79. The minimum Gasteiger partial charge on any atom is -0.281 e. The highest BCUT2D eigenvalue weighted by Crippen LogP contribution is 2.32. The smallest absolute Gasteiger partial charge is 0.209 e. The van der Waals surface area contributed by atoms with Gasteiger partial charge < -0.3 is 0 Å². The highest BCUT2D eigenvalue weighted by molar-refractivity contribution is 6.30. The molecule has 0 N–H and O–H groups in total. The standard InChI is InChI=1S/C15H12ClN3O/c1-9-3-4-11(7-10(9)2)14-15(18-20)19-6-5-12(16)8-13(19)17-14/h3-8H,1-2H3. The van der Waals surface area contributed by atoms with Crippen molar-refractivity contribution >= 4 is 23.1 Å². The Morgan fingerprint density at radius 2 is 1.95 bits per heavy atom. The van der Waals surface area contributed by atoms with E-state index in [-0.39, 0.29) is 0 Å². The van der Waals surface area contributed by atoms with Gasteiger partial charge >= 0.3 is 0 Å². The minimum atomic E-state index is 0.292. The van der Waals surface area contributed by atoms with Gasteiger partial charge in [0.05, 0.1) is 0 Å². The van der Waals surface area contributed by atoms with Crippen LogP contribution >= 0.6 is 11.6 Å². The number of fused-ring (bicyclic) bond motifs is 1. The molecule has 2 aromatic heterocycles. The van der Waals surface area contributed by atoms with Crippen LogP contribution in [0.2, 0.25) is 5.02 Å². The van der Waals surface area contributed by atoms with E-state index < -0.39 is 0 Å². The lowest BCUT2D eigenvalue weighted by atomic mass is 10.0. The van der Waals surface area contributed by atoms with Gasteiger partial charge in [-0.15, -0.1) is 4.91 Å². The quantitative estimate of drug-likeness (QED) is 0.642. The molecule has 2 heterocycles. The molecule has 0 saturated heterocycles. The average molecular weight is 286 g/mol. The minimum absolute atomic E-state index is 0.292. The number of aromatic nitrogens is 2. The molecule has 0 fully saturated rings. The second kappa shape index (κ2) is 4.72. The summed E-state index contributed by atoms with van der Waals surface area (Å²) >= 11 is 5.95. The van der Waals surface area contributed by atoms with Gasteiger partial charge in [0.2, 0.25) is 5.82 Å². The normalized spacial score (nSPS) is 10.9. The third kappa shape index (κ3) is 1.98. The molecule has 0 aliphatic heterocycles. The van der Waals surface area contributed by atoms with Gasteiger partial charge in [0.15, 0.2) is 0 Å². The fourth-order valence-corrected chi connectivity index (χ4v) is 2.33. The van der Waals surface area contributed by atoms with Crippen LogP contribution in [0.3, 0.4) is 0 Å². The molecule has 0 amide bonds. The zero-order valence-corrected chi connectivity index (χ0v) is 11.8. The Hall–Kier alpha value is -2.20. The summed E-state index contributed by atoms with van der Waals surface area (Å²) in [5.41, 5.74) is 4.41. The van der Waals surface area contributed by atoms with Gasteiger partial charge in [-0.1, -0.05) is 23.7 Å². The number of rotatable bonds is 2. The summed E-state index contributed by atoms with van der Waals surface area (Å²) in [5, 5.41) is 3.70. The van der Waals surface area contributed by atoms with E-state index in [4.69, 9.17) is 11.6 Å². The first-order valence-electron chi connectivity index (χ1n) is 6.19. The van der Waals surface area contributed by atoms with Crippen LogP contribution in [0.15, 0.2) is 41.7 Å². The van der Waals surface area contributed by atoms with Crippen LogP contribution < -0.4 is 0 Å². The Labute approximate surface area is 121 Å². The predicted octanol–water partition coefficient (Wildman–Crippen LogP) is 4.67. The second-order valence-electron chi connectivity index (χ2n) is 4.75. The Balaban J connectivity index is 2.29. The number of halogens is 1. The Morgan fingerprint density at radius 1 is 1.15 bits per heavy atom. The van der Waals surface area contributed by atoms with Crippen LogP contribution in [0.25, 0.3) is 16.9 Å². The lowest BCUT2D eigenvalue weighted by Gasteiger charge is -2.02. The van der Waals surface area contributed by atoms with E-state index in [0.29, 0.717) is 22.2 Å². The Morgan fingerprint density at radius 3 is 2.65 bits per heavy atom. The van der Waals surface area contributed by atoms with E-state index >= 15 is 0 Å². The number of hydrogen-bond donors (Lipinski definition) is 0. The molecular formula is C15H12ClN3O. The number of benzene rings is 1. The third-order valence-electron chi connectivity index (χ3n) is 3.43. The van der Waals surface area contributed by atoms with E-state index in [2.05, 4.69) is 10.2 Å². The van der Waals surface area contributed by atoms with E-state index in [1.165, 1.54) is 5.56 Å². The molecule has 3 rings (SSSR count). The van der Waals surface area contributed by atoms with Gasteiger partial charge in [0.1, 0.15) is 11.3 Å². The highest BCUT2D eigenvalue weighted by atomic mass is 35.5. The van der Waals surface area contributed by atoms with Crippen molar-refractivity contribution in [2.75, 3.05) is 0 Å².